The van der Waals surface area contributed by atoms with Gasteiger partial charge in [0.1, 0.15) is 11.6 Å². The molecule has 0 saturated heterocycles. The SMILES string of the molecule is O=C(Nc1nc2ccc(F)cc2s1)C1Cc2ccccc2O1. The Balaban J connectivity index is 1.52. The van der Waals surface area contributed by atoms with Crippen LogP contribution in [0, 0.1) is 5.82 Å². The summed E-state index contributed by atoms with van der Waals surface area (Å²) in [6.07, 6.45) is -0.0113. The zero-order valence-electron chi connectivity index (χ0n) is 11.4. The summed E-state index contributed by atoms with van der Waals surface area (Å²) in [6, 6.07) is 12.0. The van der Waals surface area contributed by atoms with Gasteiger partial charge in [-0.2, -0.15) is 0 Å². The van der Waals surface area contributed by atoms with Gasteiger partial charge in [-0.15, -0.1) is 0 Å². The molecule has 0 radical (unpaired) electrons. The molecule has 1 amide bonds. The molecule has 22 heavy (non-hydrogen) atoms. The highest BCUT2D eigenvalue weighted by Gasteiger charge is 2.29. The van der Waals surface area contributed by atoms with Crippen LogP contribution >= 0.6 is 11.3 Å². The van der Waals surface area contributed by atoms with Crippen molar-refractivity contribution < 1.29 is 13.9 Å². The third-order valence-electron chi connectivity index (χ3n) is 3.52. The molecule has 2 aromatic carbocycles. The number of rotatable bonds is 2. The average molecular weight is 314 g/mol. The first-order valence-corrected chi connectivity index (χ1v) is 7.62. The van der Waals surface area contributed by atoms with Gasteiger partial charge in [-0.05, 0) is 29.8 Å². The highest BCUT2D eigenvalue weighted by Crippen LogP contribution is 2.30. The number of carbonyl (C=O) groups excluding carboxylic acids is 1. The number of hydrogen-bond acceptors (Lipinski definition) is 4. The quantitative estimate of drug-likeness (QED) is 0.789. The number of amides is 1. The summed E-state index contributed by atoms with van der Waals surface area (Å²) in [6.45, 7) is 0. The van der Waals surface area contributed by atoms with E-state index >= 15 is 0 Å². The molecule has 2 heterocycles. The molecule has 4 nitrogen and oxygen atoms in total. The Kier molecular flexibility index (Phi) is 3.04. The van der Waals surface area contributed by atoms with E-state index in [9.17, 15) is 9.18 Å². The molecular formula is C16H11FN2O2S. The smallest absolute Gasteiger partial charge is 0.267 e. The highest BCUT2D eigenvalue weighted by atomic mass is 32.1. The minimum atomic E-state index is -0.554. The van der Waals surface area contributed by atoms with E-state index in [1.807, 2.05) is 24.3 Å². The van der Waals surface area contributed by atoms with Gasteiger partial charge >= 0.3 is 0 Å². The van der Waals surface area contributed by atoms with Crippen LogP contribution in [0.2, 0.25) is 0 Å². The first-order valence-electron chi connectivity index (χ1n) is 6.80. The summed E-state index contributed by atoms with van der Waals surface area (Å²) in [4.78, 5) is 16.6. The molecule has 0 aliphatic carbocycles. The van der Waals surface area contributed by atoms with Gasteiger partial charge in [0.15, 0.2) is 11.2 Å². The van der Waals surface area contributed by atoms with Crippen molar-refractivity contribution in [2.75, 3.05) is 5.32 Å². The Morgan fingerprint density at radius 1 is 1.32 bits per heavy atom. The third-order valence-corrected chi connectivity index (χ3v) is 4.45. The molecule has 1 N–H and O–H groups in total. The summed E-state index contributed by atoms with van der Waals surface area (Å²) < 4.78 is 19.5. The molecule has 0 spiro atoms. The number of nitrogens with one attached hydrogen (secondary N) is 1. The first kappa shape index (κ1) is 13.2. The van der Waals surface area contributed by atoms with Crippen LogP contribution in [-0.4, -0.2) is 17.0 Å². The molecule has 1 aliphatic heterocycles. The Labute approximate surface area is 129 Å². The van der Waals surface area contributed by atoms with Gasteiger partial charge in [-0.25, -0.2) is 9.37 Å². The Morgan fingerprint density at radius 2 is 2.18 bits per heavy atom. The topological polar surface area (TPSA) is 51.2 Å². The lowest BCUT2D eigenvalue weighted by Gasteiger charge is -2.09. The first-order chi connectivity index (χ1) is 10.7. The summed E-state index contributed by atoms with van der Waals surface area (Å²) in [5, 5.41) is 3.20. The fraction of sp³-hybridized carbons (Fsp3) is 0.125. The number of benzene rings is 2. The molecule has 1 atom stereocenters. The van der Waals surface area contributed by atoms with E-state index in [0.717, 1.165) is 11.3 Å². The fourth-order valence-electron chi connectivity index (χ4n) is 2.47. The number of ether oxygens (including phenoxy) is 1. The number of anilines is 1. The molecule has 0 saturated carbocycles. The second-order valence-electron chi connectivity index (χ2n) is 5.04. The number of hydrogen-bond donors (Lipinski definition) is 1. The van der Waals surface area contributed by atoms with E-state index in [1.54, 1.807) is 6.07 Å². The van der Waals surface area contributed by atoms with E-state index in [1.165, 1.54) is 23.5 Å². The number of halogens is 1. The zero-order valence-corrected chi connectivity index (χ0v) is 12.2. The minimum Gasteiger partial charge on any atom is -0.480 e. The highest BCUT2D eigenvalue weighted by molar-refractivity contribution is 7.22. The van der Waals surface area contributed by atoms with Gasteiger partial charge in [-0.3, -0.25) is 10.1 Å². The molecule has 3 aromatic rings. The maximum absolute atomic E-state index is 13.2. The van der Waals surface area contributed by atoms with Crippen LogP contribution in [0.4, 0.5) is 9.52 Å². The van der Waals surface area contributed by atoms with Crippen LogP contribution < -0.4 is 10.1 Å². The van der Waals surface area contributed by atoms with Gasteiger partial charge in [-0.1, -0.05) is 29.5 Å². The van der Waals surface area contributed by atoms with Crippen LogP contribution in [0.5, 0.6) is 5.75 Å². The Hall–Kier alpha value is -2.47. The lowest BCUT2D eigenvalue weighted by Crippen LogP contribution is -2.31. The van der Waals surface area contributed by atoms with Gasteiger partial charge in [0.05, 0.1) is 10.2 Å². The van der Waals surface area contributed by atoms with E-state index in [0.29, 0.717) is 21.8 Å². The second kappa shape index (κ2) is 5.06. The van der Waals surface area contributed by atoms with Gasteiger partial charge < -0.3 is 4.74 Å². The standard InChI is InChI=1S/C16H11FN2O2S/c17-10-5-6-11-14(8-10)22-16(18-11)19-15(20)13-7-9-3-1-2-4-12(9)21-13/h1-6,8,13H,7H2,(H,18,19,20). The van der Waals surface area contributed by atoms with E-state index in [2.05, 4.69) is 10.3 Å². The van der Waals surface area contributed by atoms with Crippen molar-refractivity contribution in [1.82, 2.24) is 4.98 Å². The van der Waals surface area contributed by atoms with Crippen LogP contribution in [0.3, 0.4) is 0 Å². The van der Waals surface area contributed by atoms with E-state index < -0.39 is 6.10 Å². The van der Waals surface area contributed by atoms with Gasteiger partial charge in [0.2, 0.25) is 0 Å². The van der Waals surface area contributed by atoms with Crippen LogP contribution in [0.25, 0.3) is 10.2 Å². The van der Waals surface area contributed by atoms with Gasteiger partial charge in [0, 0.05) is 6.42 Å². The van der Waals surface area contributed by atoms with Crippen molar-refractivity contribution in [3.05, 3.63) is 53.8 Å². The molecule has 1 aromatic heterocycles. The lowest BCUT2D eigenvalue weighted by atomic mass is 10.1. The number of carbonyl (C=O) groups is 1. The maximum Gasteiger partial charge on any atom is 0.267 e. The normalized spacial score (nSPS) is 16.3. The van der Waals surface area contributed by atoms with Crippen LogP contribution in [0.1, 0.15) is 5.56 Å². The van der Waals surface area contributed by atoms with Crippen molar-refractivity contribution >= 4 is 32.6 Å². The Bertz CT molecular complexity index is 852. The molecule has 0 bridgehead atoms. The second-order valence-corrected chi connectivity index (χ2v) is 6.07. The Morgan fingerprint density at radius 3 is 3.05 bits per heavy atom. The largest absolute Gasteiger partial charge is 0.480 e. The number of nitrogens with zero attached hydrogens (tertiary/aromatic N) is 1. The van der Waals surface area contributed by atoms with E-state index in [-0.39, 0.29) is 11.7 Å². The molecule has 0 fully saturated rings. The van der Waals surface area contributed by atoms with Crippen molar-refractivity contribution in [3.63, 3.8) is 0 Å². The number of para-hydroxylation sites is 1. The number of thiazole rings is 1. The average Bonchev–Trinajstić information content (AvgIpc) is 3.09. The van der Waals surface area contributed by atoms with Crippen LogP contribution in [-0.2, 0) is 11.2 Å². The monoisotopic (exact) mass is 314 g/mol. The van der Waals surface area contributed by atoms with Crippen LogP contribution in [0.15, 0.2) is 42.5 Å². The zero-order chi connectivity index (χ0) is 15.1. The molecule has 1 aliphatic rings. The molecule has 4 rings (SSSR count). The fourth-order valence-corrected chi connectivity index (χ4v) is 3.36. The van der Waals surface area contributed by atoms with E-state index in [4.69, 9.17) is 4.74 Å². The van der Waals surface area contributed by atoms with Crippen molar-refractivity contribution in [2.24, 2.45) is 0 Å². The molecule has 6 heteroatoms. The van der Waals surface area contributed by atoms with Crippen molar-refractivity contribution in [3.8, 4) is 5.75 Å². The molecule has 1 unspecified atom stereocenters. The molecule has 110 valence electrons. The summed E-state index contributed by atoms with van der Waals surface area (Å²) in [5.74, 6) is 0.188. The van der Waals surface area contributed by atoms with Crippen molar-refractivity contribution in [1.29, 1.82) is 0 Å². The molecular weight excluding hydrogens is 303 g/mol. The predicted octanol–water partition coefficient (Wildman–Crippen LogP) is 3.38. The number of fused-ring (bicyclic) bond motifs is 2. The lowest BCUT2D eigenvalue weighted by molar-refractivity contribution is -0.122. The van der Waals surface area contributed by atoms with Gasteiger partial charge in [0.25, 0.3) is 5.91 Å². The number of aromatic nitrogens is 1. The predicted molar refractivity (Wildman–Crippen MR) is 82.8 cm³/mol. The maximum atomic E-state index is 13.2. The summed E-state index contributed by atoms with van der Waals surface area (Å²) >= 11 is 1.24. The summed E-state index contributed by atoms with van der Waals surface area (Å²) in [7, 11) is 0. The third kappa shape index (κ3) is 2.31. The summed E-state index contributed by atoms with van der Waals surface area (Å²) in [5.41, 5.74) is 1.69. The van der Waals surface area contributed by atoms with Crippen molar-refractivity contribution in [2.45, 2.75) is 12.5 Å². The minimum absolute atomic E-state index is 0.240.